The standard InChI is InChI=1S/C19H29N3O2/c1-19(2,3)18(24)20-13-17(23)21-16-9-7-8-15(12-16)14-22-10-5-4-6-11-22/h7-9,12H,4-6,10-11,13-14H2,1-3H3,(H,20,24)(H,21,23). The number of benzene rings is 1. The van der Waals surface area contributed by atoms with Crippen molar-refractivity contribution < 1.29 is 9.59 Å². The van der Waals surface area contributed by atoms with Gasteiger partial charge in [0.1, 0.15) is 0 Å². The Morgan fingerprint density at radius 2 is 1.83 bits per heavy atom. The number of anilines is 1. The number of nitrogens with one attached hydrogen (secondary N) is 2. The molecule has 0 unspecified atom stereocenters. The molecule has 1 aliphatic heterocycles. The lowest BCUT2D eigenvalue weighted by atomic mass is 9.96. The number of rotatable bonds is 5. The second-order valence-electron chi connectivity index (χ2n) is 7.52. The minimum atomic E-state index is -0.491. The van der Waals surface area contributed by atoms with E-state index in [1.165, 1.54) is 24.8 Å². The minimum Gasteiger partial charge on any atom is -0.347 e. The first kappa shape index (κ1) is 18.5. The quantitative estimate of drug-likeness (QED) is 0.872. The van der Waals surface area contributed by atoms with Crippen LogP contribution in [0.4, 0.5) is 5.69 Å². The molecular formula is C19H29N3O2. The molecule has 2 amide bonds. The number of carbonyl (C=O) groups is 2. The molecule has 5 heteroatoms. The van der Waals surface area contributed by atoms with Crippen molar-refractivity contribution in [2.24, 2.45) is 5.41 Å². The molecule has 1 saturated heterocycles. The SMILES string of the molecule is CC(C)(C)C(=O)NCC(=O)Nc1cccc(CN2CCCCC2)c1. The Morgan fingerprint density at radius 3 is 2.50 bits per heavy atom. The molecule has 1 fully saturated rings. The summed E-state index contributed by atoms with van der Waals surface area (Å²) in [5.74, 6) is -0.334. The van der Waals surface area contributed by atoms with Gasteiger partial charge in [0.25, 0.3) is 0 Å². The monoisotopic (exact) mass is 331 g/mol. The van der Waals surface area contributed by atoms with E-state index in [0.29, 0.717) is 0 Å². The molecular weight excluding hydrogens is 302 g/mol. The Hall–Kier alpha value is -1.88. The Labute approximate surface area is 144 Å². The van der Waals surface area contributed by atoms with Crippen LogP contribution in [0.15, 0.2) is 24.3 Å². The maximum atomic E-state index is 12.0. The van der Waals surface area contributed by atoms with E-state index in [0.717, 1.165) is 25.3 Å². The van der Waals surface area contributed by atoms with Gasteiger partial charge in [0.2, 0.25) is 11.8 Å². The average Bonchev–Trinajstić information content (AvgIpc) is 2.53. The van der Waals surface area contributed by atoms with E-state index < -0.39 is 5.41 Å². The van der Waals surface area contributed by atoms with Gasteiger partial charge < -0.3 is 10.6 Å². The summed E-state index contributed by atoms with van der Waals surface area (Å²) in [6.45, 7) is 8.68. The number of hydrogen-bond donors (Lipinski definition) is 2. The van der Waals surface area contributed by atoms with Crippen molar-refractivity contribution in [3.05, 3.63) is 29.8 Å². The Bertz CT molecular complexity index is 572. The Balaban J connectivity index is 1.84. The summed E-state index contributed by atoms with van der Waals surface area (Å²) < 4.78 is 0. The predicted octanol–water partition coefficient (Wildman–Crippen LogP) is 2.77. The fraction of sp³-hybridized carbons (Fsp3) is 0.579. The maximum absolute atomic E-state index is 12.0. The Morgan fingerprint density at radius 1 is 1.12 bits per heavy atom. The highest BCUT2D eigenvalue weighted by Crippen LogP contribution is 2.16. The molecule has 0 aliphatic carbocycles. The van der Waals surface area contributed by atoms with Crippen LogP contribution in [0.2, 0.25) is 0 Å². The van der Waals surface area contributed by atoms with Gasteiger partial charge in [0, 0.05) is 17.6 Å². The highest BCUT2D eigenvalue weighted by molar-refractivity contribution is 5.95. The molecule has 0 saturated carbocycles. The van der Waals surface area contributed by atoms with E-state index in [4.69, 9.17) is 0 Å². The summed E-state index contributed by atoms with van der Waals surface area (Å²) in [7, 11) is 0. The summed E-state index contributed by atoms with van der Waals surface area (Å²) in [5, 5.41) is 5.52. The number of amides is 2. The third-order valence-corrected chi connectivity index (χ3v) is 4.16. The zero-order chi connectivity index (χ0) is 17.6. The third-order valence-electron chi connectivity index (χ3n) is 4.16. The van der Waals surface area contributed by atoms with Crippen LogP contribution < -0.4 is 10.6 Å². The fourth-order valence-electron chi connectivity index (χ4n) is 2.75. The molecule has 0 radical (unpaired) electrons. The summed E-state index contributed by atoms with van der Waals surface area (Å²) in [6, 6.07) is 7.94. The highest BCUT2D eigenvalue weighted by atomic mass is 16.2. The van der Waals surface area contributed by atoms with Crippen molar-refractivity contribution in [3.63, 3.8) is 0 Å². The maximum Gasteiger partial charge on any atom is 0.243 e. The average molecular weight is 331 g/mol. The molecule has 2 rings (SSSR count). The summed E-state index contributed by atoms with van der Waals surface area (Å²) in [6.07, 6.45) is 3.86. The molecule has 1 aliphatic rings. The van der Waals surface area contributed by atoms with Gasteiger partial charge in [0.05, 0.1) is 6.54 Å². The van der Waals surface area contributed by atoms with Crippen molar-refractivity contribution >= 4 is 17.5 Å². The second-order valence-corrected chi connectivity index (χ2v) is 7.52. The summed E-state index contributed by atoms with van der Waals surface area (Å²) in [4.78, 5) is 26.3. The third kappa shape index (κ3) is 5.96. The van der Waals surface area contributed by atoms with Crippen LogP contribution in [0, 0.1) is 5.41 Å². The van der Waals surface area contributed by atoms with Crippen LogP contribution in [-0.4, -0.2) is 36.3 Å². The van der Waals surface area contributed by atoms with E-state index in [9.17, 15) is 9.59 Å². The van der Waals surface area contributed by atoms with E-state index >= 15 is 0 Å². The van der Waals surface area contributed by atoms with Gasteiger partial charge in [-0.25, -0.2) is 0 Å². The zero-order valence-electron chi connectivity index (χ0n) is 15.0. The van der Waals surface area contributed by atoms with E-state index in [1.54, 1.807) is 0 Å². The van der Waals surface area contributed by atoms with Gasteiger partial charge in [-0.2, -0.15) is 0 Å². The van der Waals surface area contributed by atoms with Crippen LogP contribution in [0.1, 0.15) is 45.6 Å². The zero-order valence-corrected chi connectivity index (χ0v) is 15.0. The van der Waals surface area contributed by atoms with Gasteiger partial charge in [-0.05, 0) is 43.6 Å². The fourth-order valence-corrected chi connectivity index (χ4v) is 2.75. The van der Waals surface area contributed by atoms with Gasteiger partial charge in [-0.15, -0.1) is 0 Å². The molecule has 0 bridgehead atoms. The van der Waals surface area contributed by atoms with Crippen molar-refractivity contribution in [2.45, 2.75) is 46.6 Å². The largest absolute Gasteiger partial charge is 0.347 e. The van der Waals surface area contributed by atoms with Crippen LogP contribution in [0.5, 0.6) is 0 Å². The van der Waals surface area contributed by atoms with Crippen molar-refractivity contribution in [2.75, 3.05) is 25.0 Å². The summed E-state index contributed by atoms with van der Waals surface area (Å²) >= 11 is 0. The van der Waals surface area contributed by atoms with Crippen molar-refractivity contribution in [3.8, 4) is 0 Å². The molecule has 0 spiro atoms. The van der Waals surface area contributed by atoms with E-state index in [1.807, 2.05) is 39.0 Å². The lowest BCUT2D eigenvalue weighted by molar-refractivity contribution is -0.130. The normalized spacial score (nSPS) is 15.8. The van der Waals surface area contributed by atoms with Crippen LogP contribution in [0.25, 0.3) is 0 Å². The molecule has 5 nitrogen and oxygen atoms in total. The first-order valence-electron chi connectivity index (χ1n) is 8.74. The van der Waals surface area contributed by atoms with E-state index in [-0.39, 0.29) is 18.4 Å². The molecule has 0 aromatic heterocycles. The summed E-state index contributed by atoms with van der Waals surface area (Å²) in [5.41, 5.74) is 1.49. The highest BCUT2D eigenvalue weighted by Gasteiger charge is 2.21. The second kappa shape index (κ2) is 8.29. The Kier molecular flexibility index (Phi) is 6.37. The van der Waals surface area contributed by atoms with Gasteiger partial charge in [-0.3, -0.25) is 14.5 Å². The molecule has 1 heterocycles. The molecule has 2 N–H and O–H groups in total. The topological polar surface area (TPSA) is 61.4 Å². The molecule has 0 atom stereocenters. The molecule has 1 aromatic carbocycles. The smallest absolute Gasteiger partial charge is 0.243 e. The number of carbonyl (C=O) groups excluding carboxylic acids is 2. The van der Waals surface area contributed by atoms with Gasteiger partial charge in [-0.1, -0.05) is 39.3 Å². The van der Waals surface area contributed by atoms with Crippen LogP contribution in [-0.2, 0) is 16.1 Å². The number of piperidine rings is 1. The lowest BCUT2D eigenvalue weighted by Crippen LogP contribution is -2.39. The predicted molar refractivity (Wildman–Crippen MR) is 96.7 cm³/mol. The van der Waals surface area contributed by atoms with Gasteiger partial charge in [0.15, 0.2) is 0 Å². The van der Waals surface area contributed by atoms with Gasteiger partial charge >= 0.3 is 0 Å². The molecule has 132 valence electrons. The van der Waals surface area contributed by atoms with Crippen LogP contribution >= 0.6 is 0 Å². The lowest BCUT2D eigenvalue weighted by Gasteiger charge is -2.26. The first-order chi connectivity index (χ1) is 11.3. The van der Waals surface area contributed by atoms with Crippen molar-refractivity contribution in [1.29, 1.82) is 0 Å². The number of nitrogens with zero attached hydrogens (tertiary/aromatic N) is 1. The molecule has 24 heavy (non-hydrogen) atoms. The number of hydrogen-bond acceptors (Lipinski definition) is 3. The van der Waals surface area contributed by atoms with E-state index in [2.05, 4.69) is 21.6 Å². The number of likely N-dealkylation sites (tertiary alicyclic amines) is 1. The van der Waals surface area contributed by atoms with Crippen molar-refractivity contribution in [1.82, 2.24) is 10.2 Å². The van der Waals surface area contributed by atoms with Crippen LogP contribution in [0.3, 0.4) is 0 Å². The molecule has 1 aromatic rings. The minimum absolute atomic E-state index is 0.00748. The first-order valence-corrected chi connectivity index (χ1v) is 8.74.